The summed E-state index contributed by atoms with van der Waals surface area (Å²) in [5.74, 6) is -2.26. The van der Waals surface area contributed by atoms with Gasteiger partial charge in [-0.3, -0.25) is 19.6 Å². The first-order valence-corrected chi connectivity index (χ1v) is 8.21. The molecule has 1 heterocycles. The van der Waals surface area contributed by atoms with Gasteiger partial charge in [0.05, 0.1) is 23.1 Å². The third kappa shape index (κ3) is 5.07. The second-order valence-electron chi connectivity index (χ2n) is 5.67. The predicted molar refractivity (Wildman–Crippen MR) is 97.9 cm³/mol. The number of anilines is 1. The lowest BCUT2D eigenvalue weighted by atomic mass is 10.2. The van der Waals surface area contributed by atoms with Crippen LogP contribution in [0, 0.1) is 5.82 Å². The molecule has 28 heavy (non-hydrogen) atoms. The zero-order valence-electron chi connectivity index (χ0n) is 14.5. The van der Waals surface area contributed by atoms with Crippen LogP contribution in [0.5, 0.6) is 0 Å². The number of hydrogen-bond donors (Lipinski definition) is 2. The number of carbonyl (C=O) groups is 3. The van der Waals surface area contributed by atoms with Crippen molar-refractivity contribution in [2.24, 2.45) is 0 Å². The smallest absolute Gasteiger partial charge is 0.338 e. The first-order chi connectivity index (χ1) is 13.5. The molecule has 2 amide bonds. The highest BCUT2D eigenvalue weighted by atomic mass is 19.1. The van der Waals surface area contributed by atoms with Gasteiger partial charge in [0, 0.05) is 18.1 Å². The Balaban J connectivity index is 1.44. The van der Waals surface area contributed by atoms with Crippen molar-refractivity contribution in [3.63, 3.8) is 0 Å². The van der Waals surface area contributed by atoms with Crippen molar-refractivity contribution < 1.29 is 23.5 Å². The van der Waals surface area contributed by atoms with E-state index >= 15 is 0 Å². The molecule has 0 radical (unpaired) electrons. The maximum Gasteiger partial charge on any atom is 0.338 e. The zero-order chi connectivity index (χ0) is 19.9. The standard InChI is InChI=1S/C19H15FN4O4/c20-13-2-4-14(5-3-13)24-17(25)10-23-18(26)11-28-19(27)12-1-6-15-16(9-12)22-8-7-21-15/h1-9H,10-11H2,(H,23,26)(H,24,25). The Morgan fingerprint density at radius 3 is 2.39 bits per heavy atom. The molecule has 0 saturated heterocycles. The Bertz CT molecular complexity index is 1020. The fourth-order valence-corrected chi connectivity index (χ4v) is 2.27. The number of amides is 2. The van der Waals surface area contributed by atoms with E-state index in [0.29, 0.717) is 16.7 Å². The normalized spacial score (nSPS) is 10.3. The van der Waals surface area contributed by atoms with Crippen LogP contribution in [0.25, 0.3) is 11.0 Å². The number of halogens is 1. The minimum Gasteiger partial charge on any atom is -0.452 e. The van der Waals surface area contributed by atoms with Crippen LogP contribution in [0.2, 0.25) is 0 Å². The van der Waals surface area contributed by atoms with Gasteiger partial charge in [-0.05, 0) is 42.5 Å². The van der Waals surface area contributed by atoms with E-state index in [1.807, 2.05) is 0 Å². The minimum absolute atomic E-state index is 0.231. The lowest BCUT2D eigenvalue weighted by molar-refractivity contribution is -0.126. The van der Waals surface area contributed by atoms with Gasteiger partial charge in [0.2, 0.25) is 5.91 Å². The van der Waals surface area contributed by atoms with Crippen LogP contribution in [0.1, 0.15) is 10.4 Å². The van der Waals surface area contributed by atoms with Crippen molar-refractivity contribution in [3.05, 3.63) is 66.2 Å². The highest BCUT2D eigenvalue weighted by molar-refractivity contribution is 5.96. The summed E-state index contributed by atoms with van der Waals surface area (Å²) < 4.78 is 17.7. The van der Waals surface area contributed by atoms with Crippen LogP contribution in [0.15, 0.2) is 54.9 Å². The molecule has 0 atom stereocenters. The Kier molecular flexibility index (Phi) is 5.85. The molecule has 2 N–H and O–H groups in total. The van der Waals surface area contributed by atoms with E-state index in [4.69, 9.17) is 4.74 Å². The molecule has 3 rings (SSSR count). The molecule has 0 aliphatic rings. The summed E-state index contributed by atoms with van der Waals surface area (Å²) >= 11 is 0. The van der Waals surface area contributed by atoms with E-state index in [-0.39, 0.29) is 12.1 Å². The number of carbonyl (C=O) groups excluding carboxylic acids is 3. The van der Waals surface area contributed by atoms with E-state index in [2.05, 4.69) is 20.6 Å². The number of benzene rings is 2. The fourth-order valence-electron chi connectivity index (χ4n) is 2.27. The van der Waals surface area contributed by atoms with Crippen LogP contribution >= 0.6 is 0 Å². The summed E-state index contributed by atoms with van der Waals surface area (Å²) in [6, 6.07) is 9.85. The average molecular weight is 382 g/mol. The van der Waals surface area contributed by atoms with Gasteiger partial charge in [-0.25, -0.2) is 9.18 Å². The van der Waals surface area contributed by atoms with Gasteiger partial charge in [0.1, 0.15) is 5.82 Å². The van der Waals surface area contributed by atoms with Crippen molar-refractivity contribution in [2.75, 3.05) is 18.5 Å². The molecule has 0 bridgehead atoms. The van der Waals surface area contributed by atoms with E-state index in [1.165, 1.54) is 48.8 Å². The van der Waals surface area contributed by atoms with Crippen LogP contribution in [-0.4, -0.2) is 40.9 Å². The Labute approximate surface area is 158 Å². The Hall–Kier alpha value is -3.88. The van der Waals surface area contributed by atoms with E-state index in [1.54, 1.807) is 6.07 Å². The minimum atomic E-state index is -0.696. The summed E-state index contributed by atoms with van der Waals surface area (Å²) in [6.45, 7) is -0.861. The highest BCUT2D eigenvalue weighted by Gasteiger charge is 2.12. The molecule has 0 aliphatic heterocycles. The average Bonchev–Trinajstić information content (AvgIpc) is 2.71. The lowest BCUT2D eigenvalue weighted by Gasteiger charge is -2.08. The number of fused-ring (bicyclic) bond motifs is 1. The summed E-state index contributed by atoms with van der Waals surface area (Å²) in [4.78, 5) is 43.7. The van der Waals surface area contributed by atoms with E-state index in [9.17, 15) is 18.8 Å². The van der Waals surface area contributed by atoms with Crippen LogP contribution in [-0.2, 0) is 14.3 Å². The molecule has 8 nitrogen and oxygen atoms in total. The molecule has 0 saturated carbocycles. The van der Waals surface area contributed by atoms with Gasteiger partial charge >= 0.3 is 5.97 Å². The van der Waals surface area contributed by atoms with Crippen molar-refractivity contribution in [3.8, 4) is 0 Å². The van der Waals surface area contributed by atoms with E-state index in [0.717, 1.165) is 0 Å². The molecular weight excluding hydrogens is 367 g/mol. The van der Waals surface area contributed by atoms with Crippen LogP contribution in [0.3, 0.4) is 0 Å². The molecule has 0 fully saturated rings. The summed E-state index contributed by atoms with van der Waals surface area (Å²) in [6.07, 6.45) is 3.04. The summed E-state index contributed by atoms with van der Waals surface area (Å²) in [5.41, 5.74) is 1.78. The quantitative estimate of drug-likeness (QED) is 0.628. The molecule has 0 unspecified atom stereocenters. The number of ether oxygens (including phenoxy) is 1. The third-order valence-corrected chi connectivity index (χ3v) is 3.61. The summed E-state index contributed by atoms with van der Waals surface area (Å²) in [5, 5.41) is 4.82. The van der Waals surface area contributed by atoms with Crippen LogP contribution < -0.4 is 10.6 Å². The maximum atomic E-state index is 12.8. The molecule has 3 aromatic rings. The Morgan fingerprint density at radius 2 is 1.64 bits per heavy atom. The first kappa shape index (κ1) is 18.9. The van der Waals surface area contributed by atoms with Gasteiger partial charge in [0.25, 0.3) is 5.91 Å². The second kappa shape index (κ2) is 8.67. The fraction of sp³-hybridized carbons (Fsp3) is 0.105. The van der Waals surface area contributed by atoms with Crippen molar-refractivity contribution in [2.45, 2.75) is 0 Å². The number of aromatic nitrogens is 2. The number of nitrogens with one attached hydrogen (secondary N) is 2. The van der Waals surface area contributed by atoms with Gasteiger partial charge in [-0.1, -0.05) is 0 Å². The topological polar surface area (TPSA) is 110 Å². The van der Waals surface area contributed by atoms with Gasteiger partial charge < -0.3 is 15.4 Å². The van der Waals surface area contributed by atoms with E-state index < -0.39 is 30.2 Å². The molecule has 1 aromatic heterocycles. The molecule has 9 heteroatoms. The highest BCUT2D eigenvalue weighted by Crippen LogP contribution is 2.12. The number of nitrogens with zero attached hydrogens (tertiary/aromatic N) is 2. The number of hydrogen-bond acceptors (Lipinski definition) is 6. The van der Waals surface area contributed by atoms with Crippen molar-refractivity contribution in [1.29, 1.82) is 0 Å². The third-order valence-electron chi connectivity index (χ3n) is 3.61. The SMILES string of the molecule is O=C(COC(=O)c1ccc2nccnc2c1)NCC(=O)Nc1ccc(F)cc1. The lowest BCUT2D eigenvalue weighted by Crippen LogP contribution is -2.35. The van der Waals surface area contributed by atoms with Gasteiger partial charge in [-0.2, -0.15) is 0 Å². The monoisotopic (exact) mass is 382 g/mol. The largest absolute Gasteiger partial charge is 0.452 e. The predicted octanol–water partition coefficient (Wildman–Crippen LogP) is 1.68. The second-order valence-corrected chi connectivity index (χ2v) is 5.67. The molecule has 0 spiro atoms. The maximum absolute atomic E-state index is 12.8. The summed E-state index contributed by atoms with van der Waals surface area (Å²) in [7, 11) is 0. The molecule has 142 valence electrons. The molecule has 2 aromatic carbocycles. The Morgan fingerprint density at radius 1 is 0.929 bits per heavy atom. The van der Waals surface area contributed by atoms with Gasteiger partial charge in [-0.15, -0.1) is 0 Å². The molecule has 0 aliphatic carbocycles. The number of rotatable bonds is 6. The van der Waals surface area contributed by atoms with Gasteiger partial charge in [0.15, 0.2) is 6.61 Å². The number of esters is 1. The molecular formula is C19H15FN4O4. The first-order valence-electron chi connectivity index (χ1n) is 8.21. The van der Waals surface area contributed by atoms with Crippen molar-refractivity contribution >= 4 is 34.5 Å². The van der Waals surface area contributed by atoms with Crippen molar-refractivity contribution in [1.82, 2.24) is 15.3 Å². The van der Waals surface area contributed by atoms with Crippen LogP contribution in [0.4, 0.5) is 10.1 Å². The zero-order valence-corrected chi connectivity index (χ0v) is 14.5.